The Labute approximate surface area is 121 Å². The molecular formula is C14H14ClN3S. The highest BCUT2D eigenvalue weighted by molar-refractivity contribution is 7.98. The van der Waals surface area contributed by atoms with Crippen LogP contribution in [-0.4, -0.2) is 9.97 Å². The van der Waals surface area contributed by atoms with E-state index in [1.165, 1.54) is 5.56 Å². The first kappa shape index (κ1) is 12.9. The minimum absolute atomic E-state index is 0.764. The topological polar surface area (TPSA) is 37.8 Å². The minimum Gasteiger partial charge on any atom is -0.307 e. The van der Waals surface area contributed by atoms with Crippen molar-refractivity contribution < 1.29 is 0 Å². The van der Waals surface area contributed by atoms with E-state index in [0.717, 1.165) is 46.0 Å². The predicted molar refractivity (Wildman–Crippen MR) is 78.3 cm³/mol. The van der Waals surface area contributed by atoms with Gasteiger partial charge in [-0.25, -0.2) is 9.97 Å². The molecule has 5 heteroatoms. The number of fused-ring (bicyclic) bond motifs is 1. The zero-order valence-electron chi connectivity index (χ0n) is 10.6. The number of rotatable bonds is 3. The number of hydrogen-bond donors (Lipinski definition) is 1. The van der Waals surface area contributed by atoms with Crippen LogP contribution in [0.2, 0.25) is 5.02 Å². The molecule has 1 aromatic heterocycles. The molecule has 19 heavy (non-hydrogen) atoms. The quantitative estimate of drug-likeness (QED) is 0.880. The number of hydrogen-bond acceptors (Lipinski definition) is 4. The molecule has 0 unspecified atom stereocenters. The van der Waals surface area contributed by atoms with E-state index in [-0.39, 0.29) is 0 Å². The van der Waals surface area contributed by atoms with E-state index in [2.05, 4.69) is 28.3 Å². The number of benzene rings is 1. The molecule has 3 nitrogen and oxygen atoms in total. The zero-order chi connectivity index (χ0) is 13.2. The average molecular weight is 292 g/mol. The summed E-state index contributed by atoms with van der Waals surface area (Å²) in [5.74, 6) is 1.67. The molecule has 3 rings (SSSR count). The normalized spacial score (nSPS) is 13.6. The van der Waals surface area contributed by atoms with Crippen molar-refractivity contribution in [2.75, 3.05) is 0 Å². The van der Waals surface area contributed by atoms with Crippen molar-refractivity contribution in [1.82, 2.24) is 15.3 Å². The van der Waals surface area contributed by atoms with Crippen molar-refractivity contribution >= 4 is 23.4 Å². The van der Waals surface area contributed by atoms with Crippen LogP contribution in [-0.2, 0) is 18.8 Å². The minimum atomic E-state index is 0.764. The summed E-state index contributed by atoms with van der Waals surface area (Å²) in [6.45, 7) is 3.80. The van der Waals surface area contributed by atoms with Gasteiger partial charge in [-0.1, -0.05) is 17.7 Å². The summed E-state index contributed by atoms with van der Waals surface area (Å²) in [6.07, 6.45) is 0. The highest BCUT2D eigenvalue weighted by Crippen LogP contribution is 2.25. The molecule has 0 amide bonds. The third-order valence-electron chi connectivity index (χ3n) is 3.10. The van der Waals surface area contributed by atoms with Crippen LogP contribution < -0.4 is 5.32 Å². The van der Waals surface area contributed by atoms with Crippen LogP contribution in [0.1, 0.15) is 22.8 Å². The SMILES string of the molecule is Cc1nc(CSc2cccc(Cl)c2)nc2c1CNC2. The van der Waals surface area contributed by atoms with E-state index in [1.807, 2.05) is 18.2 Å². The van der Waals surface area contributed by atoms with Gasteiger partial charge in [0.15, 0.2) is 0 Å². The lowest BCUT2D eigenvalue weighted by Crippen LogP contribution is -2.02. The summed E-state index contributed by atoms with van der Waals surface area (Å²) in [7, 11) is 0. The van der Waals surface area contributed by atoms with E-state index in [1.54, 1.807) is 11.8 Å². The van der Waals surface area contributed by atoms with Gasteiger partial charge < -0.3 is 5.32 Å². The van der Waals surface area contributed by atoms with Crippen LogP contribution in [0.15, 0.2) is 29.2 Å². The van der Waals surface area contributed by atoms with Crippen molar-refractivity contribution in [2.24, 2.45) is 0 Å². The van der Waals surface area contributed by atoms with Crippen molar-refractivity contribution in [3.8, 4) is 0 Å². The summed E-state index contributed by atoms with van der Waals surface area (Å²) in [6, 6.07) is 7.86. The fourth-order valence-corrected chi connectivity index (χ4v) is 3.23. The largest absolute Gasteiger partial charge is 0.307 e. The Balaban J connectivity index is 1.76. The van der Waals surface area contributed by atoms with Gasteiger partial charge in [0.1, 0.15) is 5.82 Å². The van der Waals surface area contributed by atoms with Gasteiger partial charge in [0.2, 0.25) is 0 Å². The number of nitrogens with zero attached hydrogens (tertiary/aromatic N) is 2. The van der Waals surface area contributed by atoms with E-state index in [4.69, 9.17) is 11.6 Å². The van der Waals surface area contributed by atoms with Crippen LogP contribution in [0.25, 0.3) is 0 Å². The molecule has 1 aliphatic rings. The van der Waals surface area contributed by atoms with Crippen molar-refractivity contribution in [3.05, 3.63) is 52.1 Å². The predicted octanol–water partition coefficient (Wildman–Crippen LogP) is 3.33. The molecule has 0 bridgehead atoms. The number of aromatic nitrogens is 2. The first-order chi connectivity index (χ1) is 9.22. The molecule has 1 aromatic carbocycles. The molecule has 0 aliphatic carbocycles. The van der Waals surface area contributed by atoms with Crippen LogP contribution >= 0.6 is 23.4 Å². The number of thioether (sulfide) groups is 1. The lowest BCUT2D eigenvalue weighted by Gasteiger charge is -2.06. The Bertz CT molecular complexity index is 616. The summed E-state index contributed by atoms with van der Waals surface area (Å²) in [5.41, 5.74) is 3.50. The maximum absolute atomic E-state index is 5.98. The van der Waals surface area contributed by atoms with E-state index in [9.17, 15) is 0 Å². The molecule has 2 aromatic rings. The highest BCUT2D eigenvalue weighted by Gasteiger charge is 2.16. The number of halogens is 1. The third kappa shape index (κ3) is 2.91. The van der Waals surface area contributed by atoms with E-state index in [0.29, 0.717) is 0 Å². The van der Waals surface area contributed by atoms with E-state index >= 15 is 0 Å². The van der Waals surface area contributed by atoms with Crippen molar-refractivity contribution in [3.63, 3.8) is 0 Å². The molecule has 0 spiro atoms. The Morgan fingerprint density at radius 3 is 3.05 bits per heavy atom. The zero-order valence-corrected chi connectivity index (χ0v) is 12.2. The fourth-order valence-electron chi connectivity index (χ4n) is 2.17. The van der Waals surface area contributed by atoms with Gasteiger partial charge in [-0.3, -0.25) is 0 Å². The molecule has 0 saturated carbocycles. The van der Waals surface area contributed by atoms with Gasteiger partial charge in [0.25, 0.3) is 0 Å². The molecule has 2 heterocycles. The van der Waals surface area contributed by atoms with Gasteiger partial charge in [-0.05, 0) is 25.1 Å². The van der Waals surface area contributed by atoms with Crippen LogP contribution in [0.5, 0.6) is 0 Å². The number of nitrogens with one attached hydrogen (secondary N) is 1. The van der Waals surface area contributed by atoms with E-state index < -0.39 is 0 Å². The third-order valence-corrected chi connectivity index (χ3v) is 4.33. The second-order valence-corrected chi connectivity index (χ2v) is 5.99. The molecule has 98 valence electrons. The molecule has 0 fully saturated rings. The van der Waals surface area contributed by atoms with Crippen LogP contribution in [0, 0.1) is 6.92 Å². The maximum atomic E-state index is 5.98. The first-order valence-electron chi connectivity index (χ1n) is 6.17. The first-order valence-corrected chi connectivity index (χ1v) is 7.53. The van der Waals surface area contributed by atoms with Crippen molar-refractivity contribution in [2.45, 2.75) is 30.7 Å². The molecule has 0 saturated heterocycles. The number of aryl methyl sites for hydroxylation is 1. The Morgan fingerprint density at radius 2 is 2.21 bits per heavy atom. The fraction of sp³-hybridized carbons (Fsp3) is 0.286. The molecule has 0 atom stereocenters. The van der Waals surface area contributed by atoms with Gasteiger partial charge in [0, 0.05) is 34.3 Å². The van der Waals surface area contributed by atoms with Gasteiger partial charge in [-0.2, -0.15) is 0 Å². The summed E-state index contributed by atoms with van der Waals surface area (Å²) >= 11 is 7.69. The van der Waals surface area contributed by atoms with Gasteiger partial charge in [0.05, 0.1) is 11.4 Å². The Hall–Kier alpha value is -1.10. The lowest BCUT2D eigenvalue weighted by molar-refractivity contribution is 0.756. The second-order valence-electron chi connectivity index (χ2n) is 4.50. The molecule has 0 radical (unpaired) electrons. The Morgan fingerprint density at radius 1 is 1.32 bits per heavy atom. The van der Waals surface area contributed by atoms with Crippen LogP contribution in [0.4, 0.5) is 0 Å². The summed E-state index contributed by atoms with van der Waals surface area (Å²) in [4.78, 5) is 10.3. The van der Waals surface area contributed by atoms with Gasteiger partial charge >= 0.3 is 0 Å². The molecule has 1 N–H and O–H groups in total. The van der Waals surface area contributed by atoms with Crippen LogP contribution in [0.3, 0.4) is 0 Å². The summed E-state index contributed by atoms with van der Waals surface area (Å²) in [5, 5.41) is 4.07. The summed E-state index contributed by atoms with van der Waals surface area (Å²) < 4.78 is 0. The molecular weight excluding hydrogens is 278 g/mol. The maximum Gasteiger partial charge on any atom is 0.139 e. The Kier molecular flexibility index (Phi) is 3.73. The standard InChI is InChI=1S/C14H14ClN3S/c1-9-12-6-16-7-13(12)18-14(17-9)8-19-11-4-2-3-10(15)5-11/h2-5,16H,6-8H2,1H3. The highest BCUT2D eigenvalue weighted by atomic mass is 35.5. The average Bonchev–Trinajstić information content (AvgIpc) is 2.85. The monoisotopic (exact) mass is 291 g/mol. The lowest BCUT2D eigenvalue weighted by atomic mass is 10.2. The second kappa shape index (κ2) is 5.49. The van der Waals surface area contributed by atoms with Gasteiger partial charge in [-0.15, -0.1) is 11.8 Å². The smallest absolute Gasteiger partial charge is 0.139 e. The molecule has 1 aliphatic heterocycles. The van der Waals surface area contributed by atoms with Crippen molar-refractivity contribution in [1.29, 1.82) is 0 Å².